The molecule has 6 heteroatoms. The van der Waals surface area contributed by atoms with Crippen molar-refractivity contribution in [1.82, 2.24) is 0 Å². The minimum absolute atomic E-state index is 0.289. The highest BCUT2D eigenvalue weighted by molar-refractivity contribution is 5.46. The van der Waals surface area contributed by atoms with Gasteiger partial charge in [-0.2, -0.15) is 9.65 Å². The summed E-state index contributed by atoms with van der Waals surface area (Å²) in [6.07, 6.45) is 0.759. The maximum absolute atomic E-state index is 13.4. The Kier molecular flexibility index (Phi) is 2.91. The van der Waals surface area contributed by atoms with Gasteiger partial charge in [-0.25, -0.2) is 0 Å². The highest BCUT2D eigenvalue weighted by atomic mass is 19.1. The lowest BCUT2D eigenvalue weighted by Crippen LogP contribution is -2.31. The van der Waals surface area contributed by atoms with Crippen LogP contribution in [-0.2, 0) is 6.42 Å². The predicted octanol–water partition coefficient (Wildman–Crippen LogP) is 2.59. The summed E-state index contributed by atoms with van der Waals surface area (Å²) >= 11 is 0. The largest absolute Gasteiger partial charge is 0.493 e. The summed E-state index contributed by atoms with van der Waals surface area (Å²) in [5, 5.41) is 19.4. The normalized spacial score (nSPS) is 21.6. The van der Waals surface area contributed by atoms with Gasteiger partial charge in [-0.05, 0) is 6.42 Å². The van der Waals surface area contributed by atoms with Crippen molar-refractivity contribution in [1.29, 1.82) is 5.26 Å². The van der Waals surface area contributed by atoms with Crippen LogP contribution >= 0.6 is 0 Å². The molecule has 1 aromatic carbocycles. The number of nitro benzene ring substituents is 1. The first-order chi connectivity index (χ1) is 8.45. The number of rotatable bonds is 2. The molecule has 1 unspecified atom stereocenters. The van der Waals surface area contributed by atoms with Crippen molar-refractivity contribution in [2.45, 2.75) is 19.8 Å². The summed E-state index contributed by atoms with van der Waals surface area (Å²) in [7, 11) is 0. The van der Waals surface area contributed by atoms with Gasteiger partial charge in [-0.15, -0.1) is 0 Å². The van der Waals surface area contributed by atoms with Crippen molar-refractivity contribution in [3.63, 3.8) is 0 Å². The van der Waals surface area contributed by atoms with Crippen molar-refractivity contribution < 1.29 is 14.1 Å². The van der Waals surface area contributed by atoms with E-state index in [4.69, 9.17) is 10.00 Å². The van der Waals surface area contributed by atoms with Crippen LogP contribution in [0.5, 0.6) is 5.75 Å². The molecular formula is C12H11FN2O3. The number of benzene rings is 1. The second kappa shape index (κ2) is 4.26. The number of hydrogen-bond donors (Lipinski definition) is 0. The summed E-state index contributed by atoms with van der Waals surface area (Å²) < 4.78 is 18.8. The smallest absolute Gasteiger partial charge is 0.305 e. The molecule has 1 aliphatic heterocycles. The standard InChI is InChI=1S/C12H11FN2O3/c1-12(2-3-14)6-8-4-10(15(16)17)9(13)5-11(8)18-7-12/h4-5H,2,6-7H2,1H3. The quantitative estimate of drug-likeness (QED) is 0.597. The first-order valence-electron chi connectivity index (χ1n) is 5.42. The molecule has 0 aromatic heterocycles. The molecule has 1 heterocycles. The second-order valence-corrected chi connectivity index (χ2v) is 4.78. The van der Waals surface area contributed by atoms with Gasteiger partial charge in [0.25, 0.3) is 0 Å². The molecule has 1 aromatic rings. The molecule has 2 rings (SSSR count). The van der Waals surface area contributed by atoms with Gasteiger partial charge in [-0.3, -0.25) is 10.1 Å². The zero-order valence-corrected chi connectivity index (χ0v) is 9.77. The van der Waals surface area contributed by atoms with Crippen LogP contribution in [0.1, 0.15) is 18.9 Å². The van der Waals surface area contributed by atoms with E-state index in [2.05, 4.69) is 6.07 Å². The fourth-order valence-corrected chi connectivity index (χ4v) is 2.07. The van der Waals surface area contributed by atoms with Crippen LogP contribution in [0.3, 0.4) is 0 Å². The van der Waals surface area contributed by atoms with Crippen LogP contribution in [0.15, 0.2) is 12.1 Å². The van der Waals surface area contributed by atoms with Crippen molar-refractivity contribution in [3.05, 3.63) is 33.6 Å². The van der Waals surface area contributed by atoms with Crippen LogP contribution in [0.2, 0.25) is 0 Å². The van der Waals surface area contributed by atoms with E-state index in [0.29, 0.717) is 24.3 Å². The lowest BCUT2D eigenvalue weighted by atomic mass is 9.80. The Labute approximate surface area is 103 Å². The molecule has 94 valence electrons. The monoisotopic (exact) mass is 250 g/mol. The molecule has 1 atom stereocenters. The number of nitrogens with zero attached hydrogens (tertiary/aromatic N) is 2. The van der Waals surface area contributed by atoms with Crippen molar-refractivity contribution in [3.8, 4) is 11.8 Å². The van der Waals surface area contributed by atoms with Gasteiger partial charge in [0.1, 0.15) is 5.75 Å². The molecule has 0 radical (unpaired) electrons. The van der Waals surface area contributed by atoms with Crippen LogP contribution < -0.4 is 4.74 Å². The number of nitriles is 1. The van der Waals surface area contributed by atoms with Crippen LogP contribution in [0.25, 0.3) is 0 Å². The van der Waals surface area contributed by atoms with E-state index < -0.39 is 16.4 Å². The number of hydrogen-bond acceptors (Lipinski definition) is 4. The minimum Gasteiger partial charge on any atom is -0.493 e. The van der Waals surface area contributed by atoms with E-state index in [-0.39, 0.29) is 11.8 Å². The Morgan fingerprint density at radius 1 is 1.67 bits per heavy atom. The van der Waals surface area contributed by atoms with E-state index in [0.717, 1.165) is 6.07 Å². The topological polar surface area (TPSA) is 76.2 Å². The third-order valence-electron chi connectivity index (χ3n) is 3.03. The van der Waals surface area contributed by atoms with Crippen LogP contribution in [-0.4, -0.2) is 11.5 Å². The molecule has 0 bridgehead atoms. The fourth-order valence-electron chi connectivity index (χ4n) is 2.07. The Morgan fingerprint density at radius 2 is 2.39 bits per heavy atom. The molecule has 5 nitrogen and oxygen atoms in total. The Hall–Kier alpha value is -2.16. The molecule has 0 amide bonds. The zero-order valence-electron chi connectivity index (χ0n) is 9.77. The Morgan fingerprint density at radius 3 is 3.00 bits per heavy atom. The summed E-state index contributed by atoms with van der Waals surface area (Å²) in [5.74, 6) is -0.573. The Balaban J connectivity index is 2.40. The Bertz CT molecular complexity index is 553. The zero-order chi connectivity index (χ0) is 13.3. The highest BCUT2D eigenvalue weighted by Crippen LogP contribution is 2.39. The molecule has 1 aliphatic rings. The second-order valence-electron chi connectivity index (χ2n) is 4.78. The third kappa shape index (κ3) is 2.12. The summed E-state index contributed by atoms with van der Waals surface area (Å²) in [5.41, 5.74) is -0.362. The van der Waals surface area contributed by atoms with Gasteiger partial charge in [0.2, 0.25) is 5.82 Å². The maximum Gasteiger partial charge on any atom is 0.305 e. The maximum atomic E-state index is 13.4. The van der Waals surface area contributed by atoms with E-state index in [1.54, 1.807) is 0 Å². The van der Waals surface area contributed by atoms with Crippen molar-refractivity contribution in [2.24, 2.45) is 5.41 Å². The molecule has 0 saturated carbocycles. The molecular weight excluding hydrogens is 239 g/mol. The summed E-state index contributed by atoms with van der Waals surface area (Å²) in [6.45, 7) is 2.18. The van der Waals surface area contributed by atoms with Crippen molar-refractivity contribution >= 4 is 5.69 Å². The fraction of sp³-hybridized carbons (Fsp3) is 0.417. The lowest BCUT2D eigenvalue weighted by molar-refractivity contribution is -0.387. The third-order valence-corrected chi connectivity index (χ3v) is 3.03. The number of halogens is 1. The van der Waals surface area contributed by atoms with E-state index in [9.17, 15) is 14.5 Å². The first-order valence-corrected chi connectivity index (χ1v) is 5.42. The van der Waals surface area contributed by atoms with Gasteiger partial charge >= 0.3 is 5.69 Å². The number of ether oxygens (including phenoxy) is 1. The highest BCUT2D eigenvalue weighted by Gasteiger charge is 2.33. The molecule has 0 spiro atoms. The first kappa shape index (κ1) is 12.3. The molecule has 0 fully saturated rings. The molecule has 0 saturated heterocycles. The summed E-state index contributed by atoms with van der Waals surface area (Å²) in [6, 6.07) is 4.30. The average Bonchev–Trinajstić information content (AvgIpc) is 2.29. The van der Waals surface area contributed by atoms with Gasteiger partial charge in [0.15, 0.2) is 0 Å². The van der Waals surface area contributed by atoms with Crippen LogP contribution in [0.4, 0.5) is 10.1 Å². The average molecular weight is 250 g/mol. The van der Waals surface area contributed by atoms with Gasteiger partial charge in [0.05, 0.1) is 17.6 Å². The predicted molar refractivity (Wildman–Crippen MR) is 60.6 cm³/mol. The molecule has 0 aliphatic carbocycles. The number of fused-ring (bicyclic) bond motifs is 1. The van der Waals surface area contributed by atoms with Crippen LogP contribution in [0, 0.1) is 32.7 Å². The van der Waals surface area contributed by atoms with E-state index in [1.165, 1.54) is 6.07 Å². The van der Waals surface area contributed by atoms with Crippen molar-refractivity contribution in [2.75, 3.05) is 6.61 Å². The number of nitro groups is 1. The van der Waals surface area contributed by atoms with Gasteiger partial charge < -0.3 is 4.74 Å². The lowest BCUT2D eigenvalue weighted by Gasteiger charge is -2.32. The SMILES string of the molecule is CC1(CC#N)COc2cc(F)c([N+](=O)[O-])cc2C1. The van der Waals surface area contributed by atoms with Gasteiger partial charge in [0, 0.05) is 29.5 Å². The minimum atomic E-state index is -0.900. The van der Waals surface area contributed by atoms with E-state index in [1.807, 2.05) is 6.92 Å². The van der Waals surface area contributed by atoms with Gasteiger partial charge in [-0.1, -0.05) is 6.92 Å². The van der Waals surface area contributed by atoms with E-state index >= 15 is 0 Å². The molecule has 0 N–H and O–H groups in total. The summed E-state index contributed by atoms with van der Waals surface area (Å²) in [4.78, 5) is 9.91. The molecule has 18 heavy (non-hydrogen) atoms.